The molecule has 7 nitrogen and oxygen atoms in total. The van der Waals surface area contributed by atoms with E-state index >= 15 is 0 Å². The first-order chi connectivity index (χ1) is 15.1. The zero-order valence-corrected chi connectivity index (χ0v) is 18.0. The van der Waals surface area contributed by atoms with Crippen molar-refractivity contribution >= 4 is 17.9 Å². The van der Waals surface area contributed by atoms with Crippen molar-refractivity contribution in [1.29, 1.82) is 0 Å². The lowest BCUT2D eigenvalue weighted by Gasteiger charge is -2.38. The van der Waals surface area contributed by atoms with Gasteiger partial charge in [-0.05, 0) is 37.3 Å². The number of aromatic nitrogens is 2. The van der Waals surface area contributed by atoms with Crippen LogP contribution >= 0.6 is 0 Å². The number of hydrogen-bond donors (Lipinski definition) is 1. The van der Waals surface area contributed by atoms with E-state index in [2.05, 4.69) is 15.5 Å². The Morgan fingerprint density at radius 3 is 2.48 bits per heavy atom. The highest BCUT2D eigenvalue weighted by molar-refractivity contribution is 5.92. The monoisotopic (exact) mass is 422 g/mol. The van der Waals surface area contributed by atoms with Crippen LogP contribution in [0.25, 0.3) is 6.08 Å². The molecule has 164 valence electrons. The van der Waals surface area contributed by atoms with Crippen LogP contribution in [0.5, 0.6) is 0 Å². The minimum Gasteiger partial charge on any atom is -0.343 e. The average molecular weight is 423 g/mol. The highest BCUT2D eigenvalue weighted by Crippen LogP contribution is 2.36. The van der Waals surface area contributed by atoms with Crippen molar-refractivity contribution in [2.45, 2.75) is 57.4 Å². The van der Waals surface area contributed by atoms with E-state index in [-0.39, 0.29) is 17.7 Å². The number of rotatable bonds is 5. The number of likely N-dealkylation sites (tertiary alicyclic amines) is 1. The number of nitrogens with zero attached hydrogens (tertiary/aromatic N) is 3. The van der Waals surface area contributed by atoms with Crippen molar-refractivity contribution < 1.29 is 14.1 Å². The maximum Gasteiger partial charge on any atom is 0.246 e. The molecule has 0 unspecified atom stereocenters. The largest absolute Gasteiger partial charge is 0.343 e. The van der Waals surface area contributed by atoms with Crippen LogP contribution in [0.2, 0.25) is 0 Å². The Labute approximate surface area is 182 Å². The van der Waals surface area contributed by atoms with Crippen molar-refractivity contribution in [3.63, 3.8) is 0 Å². The fourth-order valence-electron chi connectivity index (χ4n) is 4.59. The van der Waals surface area contributed by atoms with Crippen molar-refractivity contribution in [2.24, 2.45) is 5.92 Å². The first kappa shape index (κ1) is 21.3. The van der Waals surface area contributed by atoms with Gasteiger partial charge in [0.15, 0.2) is 5.82 Å². The Morgan fingerprint density at radius 2 is 1.84 bits per heavy atom. The van der Waals surface area contributed by atoms with Crippen LogP contribution in [-0.4, -0.2) is 39.9 Å². The Morgan fingerprint density at radius 1 is 1.13 bits per heavy atom. The van der Waals surface area contributed by atoms with Gasteiger partial charge in [0.05, 0.1) is 0 Å². The van der Waals surface area contributed by atoms with Crippen LogP contribution in [0.4, 0.5) is 0 Å². The summed E-state index contributed by atoms with van der Waals surface area (Å²) in [7, 11) is 0. The third-order valence-corrected chi connectivity index (χ3v) is 6.42. The Bertz CT molecular complexity index is 923. The Kier molecular flexibility index (Phi) is 6.49. The Balaban J connectivity index is 1.34. The normalized spacial score (nSPS) is 19.5. The number of aryl methyl sites for hydroxylation is 1. The first-order valence-electron chi connectivity index (χ1n) is 11.2. The zero-order valence-electron chi connectivity index (χ0n) is 18.0. The summed E-state index contributed by atoms with van der Waals surface area (Å²) in [5, 5.41) is 7.41. The van der Waals surface area contributed by atoms with Gasteiger partial charge in [-0.15, -0.1) is 0 Å². The van der Waals surface area contributed by atoms with Crippen LogP contribution < -0.4 is 5.32 Å². The second-order valence-electron chi connectivity index (χ2n) is 8.61. The maximum absolute atomic E-state index is 13.1. The molecule has 2 amide bonds. The minimum absolute atomic E-state index is 0.00580. The molecule has 2 heterocycles. The summed E-state index contributed by atoms with van der Waals surface area (Å²) in [6.45, 7) is 2.95. The molecule has 2 aliphatic rings. The fourth-order valence-corrected chi connectivity index (χ4v) is 4.59. The molecule has 1 aliphatic carbocycles. The lowest BCUT2D eigenvalue weighted by atomic mass is 9.80. The maximum atomic E-state index is 13.1. The molecule has 4 rings (SSSR count). The zero-order chi connectivity index (χ0) is 21.7. The Hall–Kier alpha value is -2.96. The predicted octanol–water partition coefficient (Wildman–Crippen LogP) is 3.61. The molecule has 1 aromatic carbocycles. The van der Waals surface area contributed by atoms with Crippen LogP contribution in [0.3, 0.4) is 0 Å². The lowest BCUT2D eigenvalue weighted by molar-refractivity contribution is -0.133. The number of nitrogens with one attached hydrogen (secondary N) is 1. The number of carbonyl (C=O) groups excluding carboxylic acids is 2. The summed E-state index contributed by atoms with van der Waals surface area (Å²) in [5.41, 5.74) is 0.470. The number of carbonyl (C=O) groups is 2. The van der Waals surface area contributed by atoms with Crippen LogP contribution in [0, 0.1) is 12.8 Å². The van der Waals surface area contributed by atoms with Gasteiger partial charge in [0.2, 0.25) is 17.7 Å². The highest BCUT2D eigenvalue weighted by Gasteiger charge is 2.41. The number of hydrogen-bond acceptors (Lipinski definition) is 5. The van der Waals surface area contributed by atoms with E-state index in [1.807, 2.05) is 41.3 Å². The van der Waals surface area contributed by atoms with Gasteiger partial charge in [0, 0.05) is 32.0 Å². The predicted molar refractivity (Wildman–Crippen MR) is 117 cm³/mol. The molecule has 1 N–H and O–H groups in total. The molecule has 0 spiro atoms. The highest BCUT2D eigenvalue weighted by atomic mass is 16.5. The van der Waals surface area contributed by atoms with Gasteiger partial charge in [0.25, 0.3) is 0 Å². The molecule has 0 bridgehead atoms. The topological polar surface area (TPSA) is 88.3 Å². The van der Waals surface area contributed by atoms with Crippen LogP contribution in [0.1, 0.15) is 62.2 Å². The molecule has 0 atom stereocenters. The second-order valence-corrected chi connectivity index (χ2v) is 8.61. The van der Waals surface area contributed by atoms with Gasteiger partial charge in [-0.25, -0.2) is 0 Å². The summed E-state index contributed by atoms with van der Waals surface area (Å²) in [6, 6.07) is 9.78. The van der Waals surface area contributed by atoms with Crippen LogP contribution in [0.15, 0.2) is 40.9 Å². The fraction of sp³-hybridized carbons (Fsp3) is 0.500. The third-order valence-electron chi connectivity index (χ3n) is 6.42. The van der Waals surface area contributed by atoms with Gasteiger partial charge in [0.1, 0.15) is 5.54 Å². The molecular weight excluding hydrogens is 392 g/mol. The molecule has 1 aliphatic heterocycles. The lowest BCUT2D eigenvalue weighted by Crippen LogP contribution is -2.51. The van der Waals surface area contributed by atoms with E-state index in [9.17, 15) is 9.59 Å². The van der Waals surface area contributed by atoms with E-state index in [0.29, 0.717) is 37.6 Å². The van der Waals surface area contributed by atoms with Gasteiger partial charge in [-0.1, -0.05) is 54.8 Å². The van der Waals surface area contributed by atoms with E-state index in [0.717, 1.165) is 37.7 Å². The molecule has 1 saturated carbocycles. The molecule has 2 aromatic rings. The van der Waals surface area contributed by atoms with E-state index in [1.54, 1.807) is 13.0 Å². The van der Waals surface area contributed by atoms with Gasteiger partial charge < -0.3 is 14.7 Å². The van der Waals surface area contributed by atoms with E-state index < -0.39 is 5.54 Å². The van der Waals surface area contributed by atoms with E-state index in [4.69, 9.17) is 4.52 Å². The SMILES string of the molecule is Cc1nc(C2(NC(=O)C3CCN(C(=O)C=Cc4ccccc4)CC3)CCCCC2)no1. The number of piperidine rings is 1. The van der Waals surface area contributed by atoms with Gasteiger partial charge in [-0.2, -0.15) is 4.98 Å². The van der Waals surface area contributed by atoms with Crippen molar-refractivity contribution in [1.82, 2.24) is 20.4 Å². The molecule has 1 saturated heterocycles. The summed E-state index contributed by atoms with van der Waals surface area (Å²) in [5.74, 6) is 1.04. The van der Waals surface area contributed by atoms with Crippen molar-refractivity contribution in [3.8, 4) is 0 Å². The standard InChI is InChI=1S/C24H30N4O3/c1-18-25-23(27-31-18)24(14-6-3-7-15-24)26-22(30)20-12-16-28(17-13-20)21(29)11-10-19-8-4-2-5-9-19/h2,4-5,8-11,20H,3,6-7,12-17H2,1H3,(H,26,30). The van der Waals surface area contributed by atoms with Gasteiger partial charge >= 0.3 is 0 Å². The van der Waals surface area contributed by atoms with Crippen LogP contribution in [-0.2, 0) is 15.1 Å². The minimum atomic E-state index is -0.529. The summed E-state index contributed by atoms with van der Waals surface area (Å²) in [6.07, 6.45) is 9.68. The second kappa shape index (κ2) is 9.45. The summed E-state index contributed by atoms with van der Waals surface area (Å²) >= 11 is 0. The third kappa shape index (κ3) is 5.03. The number of benzene rings is 1. The summed E-state index contributed by atoms with van der Waals surface area (Å²) < 4.78 is 5.20. The average Bonchev–Trinajstić information content (AvgIpc) is 3.26. The molecule has 7 heteroatoms. The summed E-state index contributed by atoms with van der Waals surface area (Å²) in [4.78, 5) is 31.9. The van der Waals surface area contributed by atoms with Crippen molar-refractivity contribution in [2.75, 3.05) is 13.1 Å². The first-order valence-corrected chi connectivity index (χ1v) is 11.2. The van der Waals surface area contributed by atoms with E-state index in [1.165, 1.54) is 0 Å². The van der Waals surface area contributed by atoms with Gasteiger partial charge in [-0.3, -0.25) is 9.59 Å². The molecule has 31 heavy (non-hydrogen) atoms. The number of amides is 2. The quantitative estimate of drug-likeness (QED) is 0.744. The smallest absolute Gasteiger partial charge is 0.246 e. The molecule has 2 fully saturated rings. The van der Waals surface area contributed by atoms with Crippen molar-refractivity contribution in [3.05, 3.63) is 53.7 Å². The molecular formula is C24H30N4O3. The molecule has 0 radical (unpaired) electrons. The molecule has 1 aromatic heterocycles.